The summed E-state index contributed by atoms with van der Waals surface area (Å²) in [6.45, 7) is 3.20. The highest BCUT2D eigenvalue weighted by Gasteiger charge is 2.20. The van der Waals surface area contributed by atoms with Crippen LogP contribution in [0.1, 0.15) is 10.5 Å². The van der Waals surface area contributed by atoms with Gasteiger partial charge < -0.3 is 21.3 Å². The van der Waals surface area contributed by atoms with Crippen LogP contribution in [0.5, 0.6) is 0 Å². The van der Waals surface area contributed by atoms with Crippen molar-refractivity contribution >= 4 is 17.5 Å². The molecule has 0 atom stereocenters. The molecule has 2 amide bonds. The van der Waals surface area contributed by atoms with E-state index in [-0.39, 0.29) is 23.8 Å². The lowest BCUT2D eigenvalue weighted by Crippen LogP contribution is -2.48. The van der Waals surface area contributed by atoms with Crippen LogP contribution in [0.25, 0.3) is 0 Å². The van der Waals surface area contributed by atoms with Gasteiger partial charge in [0.2, 0.25) is 5.91 Å². The summed E-state index contributed by atoms with van der Waals surface area (Å²) in [5, 5.41) is 3.92. The molecule has 1 aliphatic rings. The molecule has 0 saturated carbocycles. The maximum Gasteiger partial charge on any atom is 0.271 e. The molecule has 8 nitrogen and oxygen atoms in total. The van der Waals surface area contributed by atoms with Crippen LogP contribution in [-0.4, -0.2) is 64.6 Å². The Balaban J connectivity index is 1.99. The van der Waals surface area contributed by atoms with Gasteiger partial charge in [0.25, 0.3) is 5.91 Å². The van der Waals surface area contributed by atoms with Gasteiger partial charge in [-0.05, 0) is 7.05 Å². The molecule has 1 fully saturated rings. The second kappa shape index (κ2) is 5.27. The Bertz CT molecular complexity index is 489. The van der Waals surface area contributed by atoms with Crippen LogP contribution in [0.15, 0.2) is 6.20 Å². The number of nitrogens with zero attached hydrogens (tertiary/aromatic N) is 4. The Morgan fingerprint density at radius 1 is 1.32 bits per heavy atom. The molecule has 1 aliphatic heterocycles. The number of primary amides is 1. The lowest BCUT2D eigenvalue weighted by molar-refractivity contribution is -0.133. The Hall–Kier alpha value is -2.09. The van der Waals surface area contributed by atoms with Crippen molar-refractivity contribution in [3.63, 3.8) is 0 Å². The van der Waals surface area contributed by atoms with Crippen molar-refractivity contribution in [1.82, 2.24) is 19.6 Å². The minimum absolute atomic E-state index is 0.00572. The van der Waals surface area contributed by atoms with Gasteiger partial charge in [0.15, 0.2) is 5.69 Å². The molecule has 0 bridgehead atoms. The molecule has 1 aromatic heterocycles. The maximum atomic E-state index is 12.1. The summed E-state index contributed by atoms with van der Waals surface area (Å²) >= 11 is 0. The minimum atomic E-state index is -0.691. The molecule has 8 heteroatoms. The first-order valence-electron chi connectivity index (χ1n) is 6.06. The van der Waals surface area contributed by atoms with Crippen molar-refractivity contribution in [2.75, 3.05) is 39.0 Å². The lowest BCUT2D eigenvalue weighted by atomic mass is 10.3. The molecule has 0 spiro atoms. The highest BCUT2D eigenvalue weighted by Crippen LogP contribution is 2.09. The van der Waals surface area contributed by atoms with E-state index in [0.29, 0.717) is 13.1 Å². The summed E-state index contributed by atoms with van der Waals surface area (Å²) in [5.41, 5.74) is 10.9. The van der Waals surface area contributed by atoms with Crippen LogP contribution >= 0.6 is 0 Å². The fourth-order valence-corrected chi connectivity index (χ4v) is 2.00. The topological polar surface area (TPSA) is 110 Å². The predicted octanol–water partition coefficient (Wildman–Crippen LogP) is -1.66. The van der Waals surface area contributed by atoms with Gasteiger partial charge in [-0.2, -0.15) is 5.10 Å². The molecule has 2 heterocycles. The molecule has 104 valence electrons. The smallest absolute Gasteiger partial charge is 0.271 e. The summed E-state index contributed by atoms with van der Waals surface area (Å²) in [5.74, 6) is -0.727. The lowest BCUT2D eigenvalue weighted by Gasteiger charge is -2.32. The van der Waals surface area contributed by atoms with Crippen molar-refractivity contribution in [2.24, 2.45) is 5.73 Å². The Kier molecular flexibility index (Phi) is 3.70. The minimum Gasteiger partial charge on any atom is -0.396 e. The molecule has 0 unspecified atom stereocenters. The number of aromatic nitrogens is 2. The molecule has 0 aromatic carbocycles. The number of hydrogen-bond donors (Lipinski definition) is 2. The van der Waals surface area contributed by atoms with Crippen LogP contribution in [0.3, 0.4) is 0 Å². The number of nitrogens with two attached hydrogens (primary N) is 2. The normalized spacial score (nSPS) is 16.6. The van der Waals surface area contributed by atoms with Gasteiger partial charge in [-0.15, -0.1) is 0 Å². The van der Waals surface area contributed by atoms with E-state index in [1.54, 1.807) is 4.90 Å². The van der Waals surface area contributed by atoms with E-state index in [9.17, 15) is 9.59 Å². The highest BCUT2D eigenvalue weighted by atomic mass is 16.2. The van der Waals surface area contributed by atoms with E-state index in [2.05, 4.69) is 10.00 Å². The Morgan fingerprint density at radius 3 is 2.47 bits per heavy atom. The Labute approximate surface area is 110 Å². The first-order valence-corrected chi connectivity index (χ1v) is 6.06. The fraction of sp³-hybridized carbons (Fsp3) is 0.545. The second-order valence-corrected chi connectivity index (χ2v) is 4.68. The van der Waals surface area contributed by atoms with Gasteiger partial charge in [-0.3, -0.25) is 14.3 Å². The first kappa shape index (κ1) is 13.3. The van der Waals surface area contributed by atoms with Gasteiger partial charge >= 0.3 is 0 Å². The van der Waals surface area contributed by atoms with Crippen LogP contribution in [0.2, 0.25) is 0 Å². The average Bonchev–Trinajstić information content (AvgIpc) is 2.71. The number of piperazine rings is 1. The van der Waals surface area contributed by atoms with Crippen molar-refractivity contribution in [2.45, 2.75) is 6.54 Å². The van der Waals surface area contributed by atoms with E-state index >= 15 is 0 Å². The van der Waals surface area contributed by atoms with E-state index in [1.807, 2.05) is 7.05 Å². The summed E-state index contributed by atoms with van der Waals surface area (Å²) in [7, 11) is 2.02. The van der Waals surface area contributed by atoms with Crippen molar-refractivity contribution in [3.05, 3.63) is 11.9 Å². The zero-order valence-electron chi connectivity index (χ0n) is 10.9. The van der Waals surface area contributed by atoms with Crippen LogP contribution in [0.4, 0.5) is 5.69 Å². The molecule has 19 heavy (non-hydrogen) atoms. The molecular formula is C11H18N6O2. The summed E-state index contributed by atoms with van der Waals surface area (Å²) in [6.07, 6.45) is 1.45. The molecule has 0 aliphatic carbocycles. The van der Waals surface area contributed by atoms with E-state index < -0.39 is 5.91 Å². The second-order valence-electron chi connectivity index (χ2n) is 4.68. The number of carbonyl (C=O) groups excluding carboxylic acids is 2. The number of rotatable bonds is 3. The van der Waals surface area contributed by atoms with Gasteiger partial charge in [0.1, 0.15) is 6.54 Å². The molecular weight excluding hydrogens is 248 g/mol. The third-order valence-corrected chi connectivity index (χ3v) is 3.18. The van der Waals surface area contributed by atoms with Gasteiger partial charge in [0, 0.05) is 32.4 Å². The van der Waals surface area contributed by atoms with Crippen molar-refractivity contribution < 1.29 is 9.59 Å². The summed E-state index contributed by atoms with van der Waals surface area (Å²) in [4.78, 5) is 27.0. The third-order valence-electron chi connectivity index (χ3n) is 3.18. The van der Waals surface area contributed by atoms with Crippen molar-refractivity contribution in [1.29, 1.82) is 0 Å². The van der Waals surface area contributed by atoms with Crippen LogP contribution < -0.4 is 11.5 Å². The van der Waals surface area contributed by atoms with Crippen LogP contribution in [-0.2, 0) is 11.3 Å². The largest absolute Gasteiger partial charge is 0.396 e. The first-order chi connectivity index (χ1) is 8.97. The zero-order chi connectivity index (χ0) is 14.0. The maximum absolute atomic E-state index is 12.1. The number of nitrogen functional groups attached to an aromatic ring is 1. The van der Waals surface area contributed by atoms with E-state index in [4.69, 9.17) is 11.5 Å². The number of anilines is 1. The Morgan fingerprint density at radius 2 is 1.95 bits per heavy atom. The molecule has 4 N–H and O–H groups in total. The number of likely N-dealkylation sites (N-methyl/N-ethyl adjacent to an activating group) is 1. The van der Waals surface area contributed by atoms with Crippen molar-refractivity contribution in [3.8, 4) is 0 Å². The molecule has 2 rings (SSSR count). The molecule has 0 radical (unpaired) electrons. The van der Waals surface area contributed by atoms with E-state index in [0.717, 1.165) is 13.1 Å². The summed E-state index contributed by atoms with van der Waals surface area (Å²) < 4.78 is 1.36. The quantitative estimate of drug-likeness (QED) is 0.680. The molecule has 1 aromatic rings. The molecule has 1 saturated heterocycles. The standard InChI is InChI=1S/C11H18N6O2/c1-15-2-4-16(5-3-15)9(18)7-17-6-8(12)10(14-17)11(13)19/h6H,2-5,7,12H2,1H3,(H2,13,19). The number of hydrogen-bond acceptors (Lipinski definition) is 5. The monoisotopic (exact) mass is 266 g/mol. The SMILES string of the molecule is CN1CCN(C(=O)Cn2cc(N)c(C(N)=O)n2)CC1. The fourth-order valence-electron chi connectivity index (χ4n) is 2.00. The number of amides is 2. The third kappa shape index (κ3) is 3.02. The highest BCUT2D eigenvalue weighted by molar-refractivity contribution is 5.95. The van der Waals surface area contributed by atoms with Crippen LogP contribution in [0, 0.1) is 0 Å². The average molecular weight is 266 g/mol. The number of carbonyl (C=O) groups is 2. The predicted molar refractivity (Wildman–Crippen MR) is 69.2 cm³/mol. The summed E-state index contributed by atoms with van der Waals surface area (Å²) in [6, 6.07) is 0. The van der Waals surface area contributed by atoms with Gasteiger partial charge in [-0.25, -0.2) is 0 Å². The van der Waals surface area contributed by atoms with Gasteiger partial charge in [0.05, 0.1) is 5.69 Å². The zero-order valence-corrected chi connectivity index (χ0v) is 10.9. The van der Waals surface area contributed by atoms with E-state index in [1.165, 1.54) is 10.9 Å². The van der Waals surface area contributed by atoms with Gasteiger partial charge in [-0.1, -0.05) is 0 Å².